The van der Waals surface area contributed by atoms with Crippen molar-refractivity contribution >= 4 is 17.6 Å². The number of fused-ring (bicyclic) bond motifs is 1. The van der Waals surface area contributed by atoms with Crippen molar-refractivity contribution in [1.29, 1.82) is 0 Å². The van der Waals surface area contributed by atoms with Crippen LogP contribution in [-0.4, -0.2) is 30.1 Å². The third-order valence-corrected chi connectivity index (χ3v) is 3.54. The number of carbonyl (C=O) groups is 2. The van der Waals surface area contributed by atoms with Crippen LogP contribution in [0, 0.1) is 5.92 Å². The Kier molecular flexibility index (Phi) is 4.61. The Bertz CT molecular complexity index is 514. The van der Waals surface area contributed by atoms with Gasteiger partial charge in [-0.1, -0.05) is 6.92 Å². The molecule has 0 radical (unpaired) electrons. The van der Waals surface area contributed by atoms with Crippen molar-refractivity contribution in [1.82, 2.24) is 5.32 Å². The maximum absolute atomic E-state index is 12.0. The van der Waals surface area contributed by atoms with E-state index in [2.05, 4.69) is 10.6 Å². The van der Waals surface area contributed by atoms with E-state index in [-0.39, 0.29) is 18.2 Å². The second-order valence-electron chi connectivity index (χ2n) is 5.30. The number of amides is 1. The highest BCUT2D eigenvalue weighted by atomic mass is 16.4. The molecule has 0 fully saturated rings. The molecule has 1 atom stereocenters. The minimum atomic E-state index is -0.797. The predicted molar refractivity (Wildman–Crippen MR) is 77.0 cm³/mol. The van der Waals surface area contributed by atoms with Crippen LogP contribution in [-0.2, 0) is 11.2 Å². The molecule has 5 heteroatoms. The van der Waals surface area contributed by atoms with Crippen molar-refractivity contribution in [3.05, 3.63) is 29.3 Å². The van der Waals surface area contributed by atoms with Crippen LogP contribution in [0.2, 0.25) is 0 Å². The van der Waals surface area contributed by atoms with Gasteiger partial charge in [-0.15, -0.1) is 0 Å². The van der Waals surface area contributed by atoms with Gasteiger partial charge in [-0.3, -0.25) is 9.59 Å². The lowest BCUT2D eigenvalue weighted by molar-refractivity contribution is -0.137. The van der Waals surface area contributed by atoms with E-state index in [4.69, 9.17) is 5.11 Å². The summed E-state index contributed by atoms with van der Waals surface area (Å²) in [5.41, 5.74) is 2.95. The summed E-state index contributed by atoms with van der Waals surface area (Å²) in [5, 5.41) is 14.7. The molecule has 5 nitrogen and oxygen atoms in total. The molecule has 0 saturated carbocycles. The van der Waals surface area contributed by atoms with E-state index in [0.717, 1.165) is 18.7 Å². The Morgan fingerprint density at radius 2 is 2.25 bits per heavy atom. The van der Waals surface area contributed by atoms with Gasteiger partial charge in [-0.2, -0.15) is 0 Å². The predicted octanol–water partition coefficient (Wildman–Crippen LogP) is 1.89. The Morgan fingerprint density at radius 3 is 3.00 bits per heavy atom. The zero-order valence-electron chi connectivity index (χ0n) is 11.6. The molecule has 3 N–H and O–H groups in total. The van der Waals surface area contributed by atoms with Crippen molar-refractivity contribution in [2.45, 2.75) is 26.2 Å². The Hall–Kier alpha value is -2.04. The second-order valence-corrected chi connectivity index (χ2v) is 5.30. The van der Waals surface area contributed by atoms with Crippen molar-refractivity contribution < 1.29 is 14.7 Å². The number of aliphatic carboxylic acids is 1. The molecule has 0 aromatic heterocycles. The Labute approximate surface area is 118 Å². The van der Waals surface area contributed by atoms with E-state index in [0.29, 0.717) is 18.5 Å². The molecule has 1 aromatic rings. The summed E-state index contributed by atoms with van der Waals surface area (Å²) in [7, 11) is 0. The SMILES string of the molecule is CC(CCC(=O)O)CNC(=O)c1ccc2c(c1)CCN2. The van der Waals surface area contributed by atoms with Gasteiger partial charge >= 0.3 is 5.97 Å². The number of benzene rings is 1. The fraction of sp³-hybridized carbons (Fsp3) is 0.467. The smallest absolute Gasteiger partial charge is 0.303 e. The zero-order chi connectivity index (χ0) is 14.5. The van der Waals surface area contributed by atoms with Crippen molar-refractivity contribution in [2.24, 2.45) is 5.92 Å². The van der Waals surface area contributed by atoms with Gasteiger partial charge < -0.3 is 15.7 Å². The van der Waals surface area contributed by atoms with Crippen LogP contribution in [0.1, 0.15) is 35.7 Å². The largest absolute Gasteiger partial charge is 0.481 e. The van der Waals surface area contributed by atoms with Crippen LogP contribution < -0.4 is 10.6 Å². The van der Waals surface area contributed by atoms with Crippen LogP contribution in [0.5, 0.6) is 0 Å². The summed E-state index contributed by atoms with van der Waals surface area (Å²) in [5.74, 6) is -0.734. The summed E-state index contributed by atoms with van der Waals surface area (Å²) in [6.45, 7) is 3.36. The van der Waals surface area contributed by atoms with Crippen LogP contribution in [0.4, 0.5) is 5.69 Å². The third-order valence-electron chi connectivity index (χ3n) is 3.54. The number of rotatable bonds is 6. The molecule has 0 bridgehead atoms. The second kappa shape index (κ2) is 6.41. The van der Waals surface area contributed by atoms with Crippen molar-refractivity contribution in [3.63, 3.8) is 0 Å². The van der Waals surface area contributed by atoms with Gasteiger partial charge in [-0.05, 0) is 42.5 Å². The first kappa shape index (κ1) is 14.4. The number of nitrogens with one attached hydrogen (secondary N) is 2. The molecule has 1 aliphatic heterocycles. The van der Waals surface area contributed by atoms with Gasteiger partial charge in [0.2, 0.25) is 0 Å². The van der Waals surface area contributed by atoms with Crippen LogP contribution in [0.25, 0.3) is 0 Å². The molecule has 1 unspecified atom stereocenters. The average molecular weight is 276 g/mol. The van der Waals surface area contributed by atoms with Crippen LogP contribution in [0.3, 0.4) is 0 Å². The lowest BCUT2D eigenvalue weighted by Gasteiger charge is -2.12. The Balaban J connectivity index is 1.84. The summed E-state index contributed by atoms with van der Waals surface area (Å²) in [6.07, 6.45) is 1.66. The van der Waals surface area contributed by atoms with E-state index in [9.17, 15) is 9.59 Å². The van der Waals surface area contributed by atoms with Gasteiger partial charge in [0.1, 0.15) is 0 Å². The maximum Gasteiger partial charge on any atom is 0.303 e. The third kappa shape index (κ3) is 3.73. The molecule has 20 heavy (non-hydrogen) atoms. The van der Waals surface area contributed by atoms with Gasteiger partial charge in [0.25, 0.3) is 5.91 Å². The number of carboxylic acid groups (broad SMARTS) is 1. The molecule has 0 spiro atoms. The number of hydrogen-bond acceptors (Lipinski definition) is 3. The first-order valence-electron chi connectivity index (χ1n) is 6.93. The number of hydrogen-bond donors (Lipinski definition) is 3. The quantitative estimate of drug-likeness (QED) is 0.741. The summed E-state index contributed by atoms with van der Waals surface area (Å²) >= 11 is 0. The lowest BCUT2D eigenvalue weighted by Crippen LogP contribution is -2.28. The fourth-order valence-corrected chi connectivity index (χ4v) is 2.29. The highest BCUT2D eigenvalue weighted by Crippen LogP contribution is 2.22. The van der Waals surface area contributed by atoms with Gasteiger partial charge in [0, 0.05) is 30.8 Å². The molecular formula is C15H20N2O3. The highest BCUT2D eigenvalue weighted by Gasteiger charge is 2.14. The number of carboxylic acids is 1. The van der Waals surface area contributed by atoms with E-state index in [1.165, 1.54) is 5.56 Å². The van der Waals surface area contributed by atoms with Gasteiger partial charge in [0.05, 0.1) is 0 Å². The van der Waals surface area contributed by atoms with E-state index >= 15 is 0 Å². The van der Waals surface area contributed by atoms with Crippen molar-refractivity contribution in [2.75, 3.05) is 18.4 Å². The van der Waals surface area contributed by atoms with Gasteiger partial charge in [-0.25, -0.2) is 0 Å². The topological polar surface area (TPSA) is 78.4 Å². The lowest BCUT2D eigenvalue weighted by atomic mass is 10.0. The molecule has 1 aliphatic rings. The van der Waals surface area contributed by atoms with Crippen LogP contribution >= 0.6 is 0 Å². The number of anilines is 1. The zero-order valence-corrected chi connectivity index (χ0v) is 11.6. The monoisotopic (exact) mass is 276 g/mol. The molecule has 2 rings (SSSR count). The first-order chi connectivity index (χ1) is 9.56. The maximum atomic E-state index is 12.0. The molecule has 1 heterocycles. The molecule has 0 saturated heterocycles. The van der Waals surface area contributed by atoms with Crippen LogP contribution in [0.15, 0.2) is 18.2 Å². The van der Waals surface area contributed by atoms with E-state index in [1.54, 1.807) is 0 Å². The minimum Gasteiger partial charge on any atom is -0.481 e. The van der Waals surface area contributed by atoms with Crippen molar-refractivity contribution in [3.8, 4) is 0 Å². The Morgan fingerprint density at radius 1 is 1.45 bits per heavy atom. The first-order valence-corrected chi connectivity index (χ1v) is 6.93. The molecule has 1 aromatic carbocycles. The normalized spacial score (nSPS) is 14.2. The van der Waals surface area contributed by atoms with E-state index in [1.807, 2.05) is 25.1 Å². The summed E-state index contributed by atoms with van der Waals surface area (Å²) in [4.78, 5) is 22.5. The summed E-state index contributed by atoms with van der Waals surface area (Å²) < 4.78 is 0. The average Bonchev–Trinajstić information content (AvgIpc) is 2.89. The number of carbonyl (C=O) groups excluding carboxylic acids is 1. The molecule has 1 amide bonds. The minimum absolute atomic E-state index is 0.0955. The standard InChI is InChI=1S/C15H20N2O3/c1-10(2-5-14(18)19)9-17-15(20)12-3-4-13-11(8-12)6-7-16-13/h3-4,8,10,16H,2,5-7,9H2,1H3,(H,17,20)(H,18,19). The van der Waals surface area contributed by atoms with Gasteiger partial charge in [0.15, 0.2) is 0 Å². The molecule has 108 valence electrons. The highest BCUT2D eigenvalue weighted by molar-refractivity contribution is 5.95. The fourth-order valence-electron chi connectivity index (χ4n) is 2.29. The van der Waals surface area contributed by atoms with E-state index < -0.39 is 5.97 Å². The molecular weight excluding hydrogens is 256 g/mol. The summed E-state index contributed by atoms with van der Waals surface area (Å²) in [6, 6.07) is 5.67. The molecule has 0 aliphatic carbocycles.